The van der Waals surface area contributed by atoms with Gasteiger partial charge in [-0.3, -0.25) is 0 Å². The van der Waals surface area contributed by atoms with Crippen molar-refractivity contribution in [1.82, 2.24) is 4.98 Å². The molecule has 0 spiro atoms. The van der Waals surface area contributed by atoms with E-state index in [1.165, 1.54) is 6.07 Å². The Bertz CT molecular complexity index is 261. The molecule has 0 aliphatic rings. The highest BCUT2D eigenvalue weighted by molar-refractivity contribution is 5.85. The normalized spacial score (nSPS) is 9.71. The third-order valence-electron chi connectivity index (χ3n) is 1.35. The van der Waals surface area contributed by atoms with Crippen LogP contribution in [0.4, 0.5) is 19.0 Å². The van der Waals surface area contributed by atoms with Crippen LogP contribution in [-0.2, 0) is 6.18 Å². The summed E-state index contributed by atoms with van der Waals surface area (Å²) >= 11 is 0. The molecule has 14 heavy (non-hydrogen) atoms. The maximum atomic E-state index is 12.0. The van der Waals surface area contributed by atoms with E-state index in [1.54, 1.807) is 7.05 Å². The fraction of sp³-hybridized carbons (Fsp3) is 0.286. The molecule has 0 unspecified atom stereocenters. The van der Waals surface area contributed by atoms with E-state index in [1.807, 2.05) is 0 Å². The van der Waals surface area contributed by atoms with Crippen LogP contribution in [0.3, 0.4) is 0 Å². The number of anilines is 1. The smallest absolute Gasteiger partial charge is 0.373 e. The van der Waals surface area contributed by atoms with Gasteiger partial charge in [0.25, 0.3) is 0 Å². The topological polar surface area (TPSA) is 24.9 Å². The van der Waals surface area contributed by atoms with Crippen molar-refractivity contribution < 1.29 is 13.2 Å². The van der Waals surface area contributed by atoms with Crippen molar-refractivity contribution in [2.75, 3.05) is 12.4 Å². The monoisotopic (exact) mass is 248 g/mol. The highest BCUT2D eigenvalue weighted by atomic mass is 35.5. The van der Waals surface area contributed by atoms with Gasteiger partial charge in [-0.05, 0) is 12.1 Å². The van der Waals surface area contributed by atoms with Crippen molar-refractivity contribution in [2.24, 2.45) is 0 Å². The Labute approximate surface area is 91.7 Å². The van der Waals surface area contributed by atoms with Gasteiger partial charge in [-0.1, -0.05) is 0 Å². The summed E-state index contributed by atoms with van der Waals surface area (Å²) in [6.45, 7) is 0. The standard InChI is InChI=1S/C7H7F3N2.2ClH/c1-11-6-3-2-5(4-12-6)7(8,9)10;;/h2-4H,1H3,(H,11,12);2*1H. The molecule has 0 saturated carbocycles. The van der Waals surface area contributed by atoms with Gasteiger partial charge >= 0.3 is 6.18 Å². The van der Waals surface area contributed by atoms with Gasteiger partial charge in [0.2, 0.25) is 0 Å². The van der Waals surface area contributed by atoms with Crippen molar-refractivity contribution >= 4 is 30.6 Å². The van der Waals surface area contributed by atoms with Crippen molar-refractivity contribution in [3.05, 3.63) is 23.9 Å². The van der Waals surface area contributed by atoms with E-state index in [2.05, 4.69) is 10.3 Å². The summed E-state index contributed by atoms with van der Waals surface area (Å²) in [5, 5.41) is 2.63. The Morgan fingerprint density at radius 2 is 1.79 bits per heavy atom. The van der Waals surface area contributed by atoms with E-state index in [9.17, 15) is 13.2 Å². The molecule has 0 saturated heterocycles. The summed E-state index contributed by atoms with van der Waals surface area (Å²) in [4.78, 5) is 3.53. The van der Waals surface area contributed by atoms with Crippen molar-refractivity contribution in [1.29, 1.82) is 0 Å². The summed E-state index contributed by atoms with van der Waals surface area (Å²) in [5.74, 6) is 0.419. The number of alkyl halides is 3. The zero-order valence-electron chi connectivity index (χ0n) is 7.13. The van der Waals surface area contributed by atoms with Crippen LogP contribution >= 0.6 is 24.8 Å². The van der Waals surface area contributed by atoms with E-state index in [0.29, 0.717) is 5.82 Å². The fourth-order valence-corrected chi connectivity index (χ4v) is 0.709. The minimum Gasteiger partial charge on any atom is -0.373 e. The molecule has 1 heterocycles. The van der Waals surface area contributed by atoms with Crippen LogP contribution in [-0.4, -0.2) is 12.0 Å². The van der Waals surface area contributed by atoms with Gasteiger partial charge in [-0.2, -0.15) is 13.2 Å². The molecule has 0 aliphatic carbocycles. The first-order chi connectivity index (χ1) is 5.54. The lowest BCUT2D eigenvalue weighted by atomic mass is 10.3. The van der Waals surface area contributed by atoms with Crippen molar-refractivity contribution in [3.63, 3.8) is 0 Å². The first-order valence-corrected chi connectivity index (χ1v) is 3.25. The molecule has 82 valence electrons. The number of hydrogen-bond acceptors (Lipinski definition) is 2. The molecule has 2 nitrogen and oxygen atoms in total. The minimum absolute atomic E-state index is 0. The summed E-state index contributed by atoms with van der Waals surface area (Å²) in [6.07, 6.45) is -3.51. The van der Waals surface area contributed by atoms with Gasteiger partial charge in [0.05, 0.1) is 5.56 Å². The molecule has 0 fully saturated rings. The maximum absolute atomic E-state index is 12.0. The van der Waals surface area contributed by atoms with Crippen LogP contribution < -0.4 is 5.32 Å². The minimum atomic E-state index is -4.31. The van der Waals surface area contributed by atoms with E-state index >= 15 is 0 Å². The number of rotatable bonds is 1. The van der Waals surface area contributed by atoms with Gasteiger partial charge in [0, 0.05) is 13.2 Å². The molecule has 1 aromatic rings. The second-order valence-corrected chi connectivity index (χ2v) is 2.18. The highest BCUT2D eigenvalue weighted by Crippen LogP contribution is 2.28. The molecular formula is C7H9Cl2F3N2. The SMILES string of the molecule is CNc1ccc(C(F)(F)F)cn1.Cl.Cl. The van der Waals surface area contributed by atoms with Gasteiger partial charge in [-0.25, -0.2) is 4.98 Å². The second-order valence-electron chi connectivity index (χ2n) is 2.18. The Balaban J connectivity index is 0. The van der Waals surface area contributed by atoms with Gasteiger partial charge < -0.3 is 5.32 Å². The quantitative estimate of drug-likeness (QED) is 0.827. The first-order valence-electron chi connectivity index (χ1n) is 3.25. The fourth-order valence-electron chi connectivity index (χ4n) is 0.709. The Morgan fingerprint density at radius 1 is 1.21 bits per heavy atom. The largest absolute Gasteiger partial charge is 0.417 e. The van der Waals surface area contributed by atoms with E-state index in [-0.39, 0.29) is 24.8 Å². The van der Waals surface area contributed by atoms with Crippen LogP contribution in [0.2, 0.25) is 0 Å². The zero-order valence-corrected chi connectivity index (χ0v) is 8.76. The van der Waals surface area contributed by atoms with Gasteiger partial charge in [-0.15, -0.1) is 24.8 Å². The number of hydrogen-bond donors (Lipinski definition) is 1. The highest BCUT2D eigenvalue weighted by Gasteiger charge is 2.30. The molecule has 1 aromatic heterocycles. The van der Waals surface area contributed by atoms with Crippen LogP contribution in [0.5, 0.6) is 0 Å². The third-order valence-corrected chi connectivity index (χ3v) is 1.35. The lowest BCUT2D eigenvalue weighted by Crippen LogP contribution is -2.05. The van der Waals surface area contributed by atoms with Crippen LogP contribution in [0.15, 0.2) is 18.3 Å². The predicted molar refractivity (Wildman–Crippen MR) is 53.3 cm³/mol. The lowest BCUT2D eigenvalue weighted by molar-refractivity contribution is -0.137. The number of pyridine rings is 1. The molecule has 1 N–H and O–H groups in total. The van der Waals surface area contributed by atoms with Crippen LogP contribution in [0, 0.1) is 0 Å². The Hall–Kier alpha value is -0.680. The summed E-state index contributed by atoms with van der Waals surface area (Å²) in [7, 11) is 1.59. The molecule has 0 atom stereocenters. The molecule has 0 amide bonds. The maximum Gasteiger partial charge on any atom is 0.417 e. The third kappa shape index (κ3) is 4.02. The van der Waals surface area contributed by atoms with Crippen LogP contribution in [0.1, 0.15) is 5.56 Å². The summed E-state index contributed by atoms with van der Waals surface area (Å²) < 4.78 is 35.9. The molecule has 0 radical (unpaired) electrons. The van der Waals surface area contributed by atoms with E-state index < -0.39 is 11.7 Å². The molecule has 7 heteroatoms. The van der Waals surface area contributed by atoms with E-state index in [4.69, 9.17) is 0 Å². The molecule has 1 rings (SSSR count). The number of halogens is 5. The van der Waals surface area contributed by atoms with Gasteiger partial charge in [0.1, 0.15) is 5.82 Å². The predicted octanol–water partition coefficient (Wildman–Crippen LogP) is 2.99. The first kappa shape index (κ1) is 15.8. The second kappa shape index (κ2) is 5.93. The average molecular weight is 249 g/mol. The van der Waals surface area contributed by atoms with E-state index in [0.717, 1.165) is 12.3 Å². The number of aromatic nitrogens is 1. The number of nitrogens with zero attached hydrogens (tertiary/aromatic N) is 1. The number of nitrogens with one attached hydrogen (secondary N) is 1. The van der Waals surface area contributed by atoms with Crippen molar-refractivity contribution in [2.45, 2.75) is 6.18 Å². The Morgan fingerprint density at radius 3 is 2.07 bits per heavy atom. The van der Waals surface area contributed by atoms with Gasteiger partial charge in [0.15, 0.2) is 0 Å². The molecule has 0 aliphatic heterocycles. The van der Waals surface area contributed by atoms with Crippen LogP contribution in [0.25, 0.3) is 0 Å². The molecule has 0 bridgehead atoms. The average Bonchev–Trinajstić information content (AvgIpc) is 2.03. The zero-order chi connectivity index (χ0) is 9.19. The lowest BCUT2D eigenvalue weighted by Gasteiger charge is -2.05. The summed E-state index contributed by atoms with van der Waals surface area (Å²) in [5.41, 5.74) is -0.735. The Kier molecular flexibility index (Phi) is 6.68. The summed E-state index contributed by atoms with van der Waals surface area (Å²) in [6, 6.07) is 2.27. The van der Waals surface area contributed by atoms with Crippen molar-refractivity contribution in [3.8, 4) is 0 Å². The molecular weight excluding hydrogens is 240 g/mol. The molecule has 0 aromatic carbocycles.